The number of anilines is 2. The molecule has 0 aliphatic heterocycles. The van der Waals surface area contributed by atoms with E-state index < -0.39 is 15.6 Å². The Morgan fingerprint density at radius 1 is 1.15 bits per heavy atom. The van der Waals surface area contributed by atoms with Gasteiger partial charge in [0.25, 0.3) is 0 Å². The van der Waals surface area contributed by atoms with Gasteiger partial charge in [-0.1, -0.05) is 0 Å². The number of aromatic nitrogens is 2. The monoisotopic (exact) mass is 295 g/mol. The molecule has 1 aromatic carbocycles. The summed E-state index contributed by atoms with van der Waals surface area (Å²) in [4.78, 5) is 7.95. The maximum Gasteiger partial charge on any atom is 0.241 e. The van der Waals surface area contributed by atoms with Crippen molar-refractivity contribution in [3.8, 4) is 0 Å². The molecule has 0 radical (unpaired) electrons. The van der Waals surface area contributed by atoms with Gasteiger partial charge in [0.15, 0.2) is 0 Å². The summed E-state index contributed by atoms with van der Waals surface area (Å²) in [6.07, 6.45) is 0. The number of sulfonamides is 1. The van der Waals surface area contributed by atoms with Crippen molar-refractivity contribution in [2.45, 2.75) is 31.2 Å². The quantitative estimate of drug-likeness (QED) is 0.755. The minimum absolute atomic E-state index is 0.0541. The highest BCUT2D eigenvalue weighted by Crippen LogP contribution is 2.23. The number of nitrogen functional groups attached to an aromatic ring is 2. The lowest BCUT2D eigenvalue weighted by Crippen LogP contribution is -2.40. The van der Waals surface area contributed by atoms with Crippen molar-refractivity contribution < 1.29 is 8.42 Å². The molecule has 0 atom stereocenters. The molecule has 1 aromatic heterocycles. The summed E-state index contributed by atoms with van der Waals surface area (Å²) in [7, 11) is -3.63. The fourth-order valence-corrected chi connectivity index (χ4v) is 3.22. The SMILES string of the molecule is CC(C)(C)NS(=O)(=O)c1ccc2nc(N)nc(N)c2c1. The normalized spacial score (nSPS) is 12.8. The van der Waals surface area contributed by atoms with Crippen LogP contribution in [0.15, 0.2) is 23.1 Å². The first kappa shape index (κ1) is 14.5. The van der Waals surface area contributed by atoms with Gasteiger partial charge in [-0.15, -0.1) is 0 Å². The molecular weight excluding hydrogens is 278 g/mol. The standard InChI is InChI=1S/C12H17N5O2S/c1-12(2,3)17-20(18,19)7-4-5-9-8(6-7)10(13)16-11(14)15-9/h4-6,17H,1-3H3,(H4,13,14,15,16). The first-order valence-electron chi connectivity index (χ1n) is 5.95. The van der Waals surface area contributed by atoms with Gasteiger partial charge < -0.3 is 11.5 Å². The van der Waals surface area contributed by atoms with E-state index in [4.69, 9.17) is 11.5 Å². The molecule has 1 heterocycles. The van der Waals surface area contributed by atoms with Crippen molar-refractivity contribution in [2.24, 2.45) is 0 Å². The number of benzene rings is 1. The fourth-order valence-electron chi connectivity index (χ4n) is 1.78. The Labute approximate surface area is 117 Å². The van der Waals surface area contributed by atoms with Gasteiger partial charge in [0.05, 0.1) is 10.4 Å². The van der Waals surface area contributed by atoms with Gasteiger partial charge in [-0.05, 0) is 39.0 Å². The molecule has 2 rings (SSSR count). The van der Waals surface area contributed by atoms with Crippen molar-refractivity contribution in [1.82, 2.24) is 14.7 Å². The van der Waals surface area contributed by atoms with Gasteiger partial charge in [0.1, 0.15) is 5.82 Å². The molecule has 7 nitrogen and oxygen atoms in total. The number of hydrogen-bond acceptors (Lipinski definition) is 6. The van der Waals surface area contributed by atoms with Crippen LogP contribution in [0, 0.1) is 0 Å². The van der Waals surface area contributed by atoms with Gasteiger partial charge in [0.2, 0.25) is 16.0 Å². The summed E-state index contributed by atoms with van der Waals surface area (Å²) in [6, 6.07) is 4.46. The van der Waals surface area contributed by atoms with Crippen LogP contribution in [0.4, 0.5) is 11.8 Å². The predicted molar refractivity (Wildman–Crippen MR) is 78.4 cm³/mol. The summed E-state index contributed by atoms with van der Waals surface area (Å²) in [5.41, 5.74) is 11.2. The maximum atomic E-state index is 12.3. The summed E-state index contributed by atoms with van der Waals surface area (Å²) in [6.45, 7) is 5.30. The van der Waals surface area contributed by atoms with Crippen LogP contribution in [0.1, 0.15) is 20.8 Å². The highest BCUT2D eigenvalue weighted by molar-refractivity contribution is 7.89. The Morgan fingerprint density at radius 3 is 2.40 bits per heavy atom. The van der Waals surface area contributed by atoms with Crippen molar-refractivity contribution in [2.75, 3.05) is 11.5 Å². The van der Waals surface area contributed by atoms with Crippen LogP contribution in [0.5, 0.6) is 0 Å². The zero-order valence-corrected chi connectivity index (χ0v) is 12.3. The molecule has 8 heteroatoms. The number of nitrogens with two attached hydrogens (primary N) is 2. The smallest absolute Gasteiger partial charge is 0.241 e. The molecule has 0 spiro atoms. The van der Waals surface area contributed by atoms with Gasteiger partial charge in [-0.25, -0.2) is 18.1 Å². The second-order valence-electron chi connectivity index (χ2n) is 5.50. The Kier molecular flexibility index (Phi) is 3.31. The second-order valence-corrected chi connectivity index (χ2v) is 7.18. The van der Waals surface area contributed by atoms with Crippen molar-refractivity contribution in [3.05, 3.63) is 18.2 Å². The average Bonchev–Trinajstić information content (AvgIpc) is 2.24. The summed E-state index contributed by atoms with van der Waals surface area (Å²) in [5, 5.41) is 0.455. The van der Waals surface area contributed by atoms with Gasteiger partial charge in [-0.3, -0.25) is 0 Å². The Morgan fingerprint density at radius 2 is 1.80 bits per heavy atom. The molecule has 108 valence electrons. The van der Waals surface area contributed by atoms with Crippen LogP contribution in [0.25, 0.3) is 10.9 Å². The molecule has 0 saturated carbocycles. The molecule has 2 aromatic rings. The molecule has 0 fully saturated rings. The summed E-state index contributed by atoms with van der Waals surface area (Å²) < 4.78 is 27.1. The third-order valence-corrected chi connectivity index (χ3v) is 4.22. The Bertz CT molecular complexity index is 765. The third-order valence-electron chi connectivity index (χ3n) is 2.46. The Hall–Kier alpha value is -1.93. The summed E-state index contributed by atoms with van der Waals surface area (Å²) in [5.74, 6) is 0.207. The number of hydrogen-bond donors (Lipinski definition) is 3. The van der Waals surface area contributed by atoms with Crippen LogP contribution in [0.3, 0.4) is 0 Å². The molecular formula is C12H17N5O2S. The van der Waals surface area contributed by atoms with Crippen molar-refractivity contribution in [1.29, 1.82) is 0 Å². The Balaban J connectivity index is 2.58. The van der Waals surface area contributed by atoms with Crippen LogP contribution < -0.4 is 16.2 Å². The molecule has 20 heavy (non-hydrogen) atoms. The highest BCUT2D eigenvalue weighted by Gasteiger charge is 2.22. The van der Waals surface area contributed by atoms with Crippen molar-refractivity contribution >= 4 is 32.7 Å². The largest absolute Gasteiger partial charge is 0.383 e. The van der Waals surface area contributed by atoms with E-state index >= 15 is 0 Å². The van der Waals surface area contributed by atoms with Crippen LogP contribution in [-0.4, -0.2) is 23.9 Å². The third kappa shape index (κ3) is 2.97. The predicted octanol–water partition coefficient (Wildman–Crippen LogP) is 0.871. The lowest BCUT2D eigenvalue weighted by Gasteiger charge is -2.20. The van der Waals surface area contributed by atoms with E-state index in [1.54, 1.807) is 26.8 Å². The van der Waals surface area contributed by atoms with Crippen molar-refractivity contribution in [3.63, 3.8) is 0 Å². The van der Waals surface area contributed by atoms with E-state index in [1.807, 2.05) is 0 Å². The first-order chi connectivity index (χ1) is 9.08. The van der Waals surface area contributed by atoms with Crippen LogP contribution in [-0.2, 0) is 10.0 Å². The molecule has 0 unspecified atom stereocenters. The summed E-state index contributed by atoms with van der Waals surface area (Å²) >= 11 is 0. The van der Waals surface area contributed by atoms with Crippen LogP contribution in [0.2, 0.25) is 0 Å². The van der Waals surface area contributed by atoms with E-state index in [2.05, 4.69) is 14.7 Å². The lowest BCUT2D eigenvalue weighted by atomic mass is 10.1. The second kappa shape index (κ2) is 4.57. The van der Waals surface area contributed by atoms with E-state index in [0.717, 1.165) is 0 Å². The van der Waals surface area contributed by atoms with Gasteiger partial charge >= 0.3 is 0 Å². The zero-order chi connectivity index (χ0) is 15.1. The number of nitrogens with one attached hydrogen (secondary N) is 1. The number of fused-ring (bicyclic) bond motifs is 1. The zero-order valence-electron chi connectivity index (χ0n) is 11.5. The lowest BCUT2D eigenvalue weighted by molar-refractivity contribution is 0.491. The fraction of sp³-hybridized carbons (Fsp3) is 0.333. The minimum Gasteiger partial charge on any atom is -0.383 e. The average molecular weight is 295 g/mol. The van der Waals surface area contributed by atoms with E-state index in [-0.39, 0.29) is 16.7 Å². The molecule has 0 saturated heterocycles. The van der Waals surface area contributed by atoms with E-state index in [9.17, 15) is 8.42 Å². The number of nitrogens with zero attached hydrogens (tertiary/aromatic N) is 2. The van der Waals surface area contributed by atoms with Crippen LogP contribution >= 0.6 is 0 Å². The molecule has 0 aliphatic carbocycles. The molecule has 5 N–H and O–H groups in total. The van der Waals surface area contributed by atoms with Gasteiger partial charge in [-0.2, -0.15) is 4.98 Å². The highest BCUT2D eigenvalue weighted by atomic mass is 32.2. The van der Waals surface area contributed by atoms with E-state index in [1.165, 1.54) is 12.1 Å². The molecule has 0 amide bonds. The topological polar surface area (TPSA) is 124 Å². The number of rotatable bonds is 2. The van der Waals surface area contributed by atoms with Gasteiger partial charge in [0, 0.05) is 10.9 Å². The minimum atomic E-state index is -3.63. The van der Waals surface area contributed by atoms with E-state index in [0.29, 0.717) is 10.9 Å². The molecule has 0 aliphatic rings. The maximum absolute atomic E-state index is 12.3. The first-order valence-corrected chi connectivity index (χ1v) is 7.43. The molecule has 0 bridgehead atoms.